The highest BCUT2D eigenvalue weighted by atomic mass is 16.6. The zero-order valence-electron chi connectivity index (χ0n) is 17.7. The van der Waals surface area contributed by atoms with Gasteiger partial charge in [-0.1, -0.05) is 0 Å². The second kappa shape index (κ2) is 10.0. The summed E-state index contributed by atoms with van der Waals surface area (Å²) in [5.74, 6) is 0.580. The summed E-state index contributed by atoms with van der Waals surface area (Å²) in [4.78, 5) is 13.3. The fraction of sp³-hybridized carbons (Fsp3) is 0.381. The summed E-state index contributed by atoms with van der Waals surface area (Å²) in [6, 6.07) is 5.96. The third-order valence-electron chi connectivity index (χ3n) is 4.04. The first-order valence-corrected chi connectivity index (χ1v) is 9.02. The van der Waals surface area contributed by atoms with E-state index in [2.05, 4.69) is 0 Å². The van der Waals surface area contributed by atoms with Crippen LogP contribution in [-0.2, 0) is 0 Å². The van der Waals surface area contributed by atoms with Gasteiger partial charge < -0.3 is 38.6 Å². The van der Waals surface area contributed by atoms with Gasteiger partial charge in [-0.15, -0.1) is 0 Å². The molecule has 9 nitrogen and oxygen atoms in total. The van der Waals surface area contributed by atoms with Crippen LogP contribution in [0, 0.1) is 0 Å². The van der Waals surface area contributed by atoms with Crippen LogP contribution in [0.1, 0.15) is 29.8 Å². The molecule has 2 aromatic carbocycles. The maximum atomic E-state index is 13.3. The van der Waals surface area contributed by atoms with Crippen molar-refractivity contribution in [2.75, 3.05) is 28.4 Å². The minimum atomic E-state index is -1.26. The lowest BCUT2D eigenvalue weighted by Gasteiger charge is -2.21. The van der Waals surface area contributed by atoms with Crippen molar-refractivity contribution in [3.63, 3.8) is 0 Å². The van der Waals surface area contributed by atoms with Crippen LogP contribution in [0.3, 0.4) is 0 Å². The number of ether oxygens (including phenoxy) is 6. The highest BCUT2D eigenvalue weighted by Gasteiger charge is 2.26. The summed E-state index contributed by atoms with van der Waals surface area (Å²) in [5.41, 5.74) is 0.287. The average molecular weight is 422 g/mol. The van der Waals surface area contributed by atoms with Gasteiger partial charge in [0.25, 0.3) is 0 Å². The third-order valence-corrected chi connectivity index (χ3v) is 4.04. The lowest BCUT2D eigenvalue weighted by molar-refractivity contribution is -0.0226. The second-order valence-electron chi connectivity index (χ2n) is 6.15. The molecule has 0 amide bonds. The molecule has 2 rings (SSSR count). The number of aliphatic hydroxyl groups is 2. The van der Waals surface area contributed by atoms with Crippen molar-refractivity contribution < 1.29 is 43.4 Å². The van der Waals surface area contributed by atoms with Crippen molar-refractivity contribution in [3.8, 4) is 34.5 Å². The van der Waals surface area contributed by atoms with Gasteiger partial charge >= 0.3 is 0 Å². The molecule has 2 unspecified atom stereocenters. The van der Waals surface area contributed by atoms with Gasteiger partial charge in [0.2, 0.25) is 11.5 Å². The predicted molar refractivity (Wildman–Crippen MR) is 107 cm³/mol. The van der Waals surface area contributed by atoms with E-state index in [1.807, 2.05) is 0 Å². The second-order valence-corrected chi connectivity index (χ2v) is 6.15. The first kappa shape index (κ1) is 23.1. The quantitative estimate of drug-likeness (QED) is 0.440. The average Bonchev–Trinajstić information content (AvgIpc) is 2.72. The molecular weight excluding hydrogens is 396 g/mol. The number of hydrogen-bond acceptors (Lipinski definition) is 9. The Morgan fingerprint density at radius 2 is 1.23 bits per heavy atom. The molecule has 0 aromatic heterocycles. The standard InChI is InChI=1S/C21H26O9/c1-11(22)29-19-14(7-8-15(25-3)21(19)30-12(2)23)18(24)13-9-16(26-4)20(28-6)17(10-13)27-5/h7-12,22-23H,1-6H3. The number of ketones is 1. The van der Waals surface area contributed by atoms with E-state index in [1.54, 1.807) is 0 Å². The minimum absolute atomic E-state index is 0.0216. The predicted octanol–water partition coefficient (Wildman–Crippen LogP) is 2.39. The van der Waals surface area contributed by atoms with Crippen LogP contribution in [-0.4, -0.2) is 57.0 Å². The number of carbonyl (C=O) groups excluding carboxylic acids is 1. The van der Waals surface area contributed by atoms with Gasteiger partial charge in [-0.3, -0.25) is 4.79 Å². The Morgan fingerprint density at radius 3 is 1.67 bits per heavy atom. The fourth-order valence-electron chi connectivity index (χ4n) is 2.82. The largest absolute Gasteiger partial charge is 0.493 e. The summed E-state index contributed by atoms with van der Waals surface area (Å²) in [6.07, 6.45) is -2.48. The maximum absolute atomic E-state index is 13.3. The van der Waals surface area contributed by atoms with E-state index in [0.29, 0.717) is 17.2 Å². The molecule has 2 N–H and O–H groups in total. The number of carbonyl (C=O) groups is 1. The minimum Gasteiger partial charge on any atom is -0.493 e. The van der Waals surface area contributed by atoms with Crippen molar-refractivity contribution in [1.29, 1.82) is 0 Å². The van der Waals surface area contributed by atoms with Crippen LogP contribution in [0.25, 0.3) is 0 Å². The van der Waals surface area contributed by atoms with E-state index >= 15 is 0 Å². The SMILES string of the molecule is COc1cc(C(=O)c2ccc(OC)c(OC(C)O)c2OC(C)O)cc(OC)c1OC. The van der Waals surface area contributed by atoms with E-state index in [0.717, 1.165) is 0 Å². The summed E-state index contributed by atoms with van der Waals surface area (Å²) in [6.45, 7) is 2.76. The van der Waals surface area contributed by atoms with E-state index in [1.165, 1.54) is 66.6 Å². The van der Waals surface area contributed by atoms with Crippen LogP contribution in [0.4, 0.5) is 0 Å². The molecule has 9 heteroatoms. The number of rotatable bonds is 10. The highest BCUT2D eigenvalue weighted by molar-refractivity contribution is 6.12. The molecule has 2 atom stereocenters. The number of aliphatic hydroxyl groups excluding tert-OH is 2. The summed E-state index contributed by atoms with van der Waals surface area (Å²) >= 11 is 0. The zero-order chi connectivity index (χ0) is 22.4. The van der Waals surface area contributed by atoms with Crippen LogP contribution in [0.15, 0.2) is 24.3 Å². The van der Waals surface area contributed by atoms with Gasteiger partial charge in [0.15, 0.2) is 41.4 Å². The monoisotopic (exact) mass is 422 g/mol. The van der Waals surface area contributed by atoms with Gasteiger partial charge in [-0.25, -0.2) is 0 Å². The zero-order valence-corrected chi connectivity index (χ0v) is 17.7. The van der Waals surface area contributed by atoms with Gasteiger partial charge in [-0.05, 0) is 38.1 Å². The molecule has 0 saturated carbocycles. The Hall–Kier alpha value is -3.17. The molecule has 2 aromatic rings. The molecule has 30 heavy (non-hydrogen) atoms. The molecule has 0 aliphatic heterocycles. The molecular formula is C21H26O9. The smallest absolute Gasteiger partial charge is 0.207 e. The number of hydrogen-bond donors (Lipinski definition) is 2. The van der Waals surface area contributed by atoms with Crippen LogP contribution >= 0.6 is 0 Å². The topological polar surface area (TPSA) is 113 Å². The summed E-state index contributed by atoms with van der Waals surface area (Å²) in [5, 5.41) is 19.5. The van der Waals surface area contributed by atoms with Crippen LogP contribution in [0.5, 0.6) is 34.5 Å². The first-order chi connectivity index (χ1) is 14.3. The van der Waals surface area contributed by atoms with Crippen molar-refractivity contribution in [1.82, 2.24) is 0 Å². The molecule has 0 aliphatic rings. The molecule has 0 heterocycles. The number of methoxy groups -OCH3 is 4. The van der Waals surface area contributed by atoms with Gasteiger partial charge in [-0.2, -0.15) is 0 Å². The molecule has 0 spiro atoms. The fourth-order valence-corrected chi connectivity index (χ4v) is 2.82. The lowest BCUT2D eigenvalue weighted by atomic mass is 10.0. The summed E-state index contributed by atoms with van der Waals surface area (Å²) in [7, 11) is 5.74. The van der Waals surface area contributed by atoms with Crippen LogP contribution in [0.2, 0.25) is 0 Å². The van der Waals surface area contributed by atoms with Gasteiger partial charge in [0, 0.05) is 5.56 Å². The van der Waals surface area contributed by atoms with Crippen LogP contribution < -0.4 is 28.4 Å². The van der Waals surface area contributed by atoms with Crippen molar-refractivity contribution in [3.05, 3.63) is 35.4 Å². The molecule has 164 valence electrons. The van der Waals surface area contributed by atoms with Crippen molar-refractivity contribution >= 4 is 5.78 Å². The Bertz CT molecular complexity index is 865. The van der Waals surface area contributed by atoms with Crippen molar-refractivity contribution in [2.24, 2.45) is 0 Å². The molecule has 0 bridgehead atoms. The van der Waals surface area contributed by atoms with E-state index < -0.39 is 18.4 Å². The van der Waals surface area contributed by atoms with Crippen molar-refractivity contribution in [2.45, 2.75) is 26.4 Å². The number of benzene rings is 2. The van der Waals surface area contributed by atoms with Gasteiger partial charge in [0.1, 0.15) is 0 Å². The normalized spacial score (nSPS) is 12.5. The molecule has 0 radical (unpaired) electrons. The Kier molecular flexibility index (Phi) is 7.73. The Balaban J connectivity index is 2.69. The highest BCUT2D eigenvalue weighted by Crippen LogP contribution is 2.43. The summed E-state index contributed by atoms with van der Waals surface area (Å²) < 4.78 is 32.0. The molecule has 0 aliphatic carbocycles. The Morgan fingerprint density at radius 1 is 0.733 bits per heavy atom. The Labute approximate surface area is 174 Å². The van der Waals surface area contributed by atoms with E-state index in [9.17, 15) is 15.0 Å². The third kappa shape index (κ3) is 4.87. The van der Waals surface area contributed by atoms with E-state index in [4.69, 9.17) is 28.4 Å². The molecule has 0 saturated heterocycles. The lowest BCUT2D eigenvalue weighted by Crippen LogP contribution is -2.17. The first-order valence-electron chi connectivity index (χ1n) is 9.02. The molecule has 0 fully saturated rings. The maximum Gasteiger partial charge on any atom is 0.207 e. The van der Waals surface area contributed by atoms with E-state index in [-0.39, 0.29) is 28.4 Å². The van der Waals surface area contributed by atoms with Gasteiger partial charge in [0.05, 0.1) is 34.0 Å².